The lowest BCUT2D eigenvalue weighted by molar-refractivity contribution is -0.192. The summed E-state index contributed by atoms with van der Waals surface area (Å²) in [6, 6.07) is 14.8. The molecule has 3 heterocycles. The lowest BCUT2D eigenvalue weighted by Gasteiger charge is -2.06. The minimum absolute atomic E-state index is 0.255. The van der Waals surface area contributed by atoms with Crippen LogP contribution in [0, 0.1) is 11.3 Å². The maximum absolute atomic E-state index is 12.4. The number of carboxylic acid groups (broad SMARTS) is 1. The van der Waals surface area contributed by atoms with Gasteiger partial charge in [-0.15, -0.1) is 0 Å². The van der Waals surface area contributed by atoms with Gasteiger partial charge >= 0.3 is 12.1 Å². The van der Waals surface area contributed by atoms with Crippen molar-refractivity contribution in [2.24, 2.45) is 7.05 Å². The average Bonchev–Trinajstić information content (AvgIpc) is 3.65. The molecule has 1 amide bonds. The lowest BCUT2D eigenvalue weighted by atomic mass is 10.1. The molecule has 198 valence electrons. The number of hydrogen-bond acceptors (Lipinski definition) is 9. The van der Waals surface area contributed by atoms with Gasteiger partial charge < -0.3 is 15.7 Å². The van der Waals surface area contributed by atoms with Crippen molar-refractivity contribution in [2.75, 3.05) is 10.6 Å². The summed E-state index contributed by atoms with van der Waals surface area (Å²) in [6.07, 6.45) is -1.89. The molecule has 0 aliphatic rings. The van der Waals surface area contributed by atoms with E-state index in [2.05, 4.69) is 41.4 Å². The summed E-state index contributed by atoms with van der Waals surface area (Å²) in [6.45, 7) is 0. The number of H-pyrrole nitrogens is 1. The second kappa shape index (κ2) is 11.0. The maximum atomic E-state index is 12.4. The summed E-state index contributed by atoms with van der Waals surface area (Å²) < 4.78 is 37.7. The monoisotopic (exact) mass is 555 g/mol. The van der Waals surface area contributed by atoms with Crippen LogP contribution in [0.2, 0.25) is 0 Å². The van der Waals surface area contributed by atoms with E-state index in [9.17, 15) is 23.2 Å². The number of aryl methyl sites for hydroxylation is 1. The number of fused-ring (bicyclic) bond motifs is 1. The van der Waals surface area contributed by atoms with Crippen LogP contribution in [0.5, 0.6) is 0 Å². The highest BCUT2D eigenvalue weighted by molar-refractivity contribution is 7.10. The topological polar surface area (TPSA) is 174 Å². The van der Waals surface area contributed by atoms with Crippen LogP contribution < -0.4 is 10.6 Å². The van der Waals surface area contributed by atoms with Gasteiger partial charge in [0.1, 0.15) is 11.8 Å². The van der Waals surface area contributed by atoms with Gasteiger partial charge in [-0.1, -0.05) is 12.1 Å². The Bertz CT molecular complexity index is 1700. The van der Waals surface area contributed by atoms with Gasteiger partial charge in [0.25, 0.3) is 5.91 Å². The van der Waals surface area contributed by atoms with Crippen molar-refractivity contribution in [3.05, 3.63) is 66.1 Å². The van der Waals surface area contributed by atoms with E-state index in [4.69, 9.17) is 9.90 Å². The first-order chi connectivity index (χ1) is 18.6. The Morgan fingerprint density at radius 2 is 1.97 bits per heavy atom. The van der Waals surface area contributed by atoms with E-state index in [1.54, 1.807) is 43.7 Å². The average molecular weight is 556 g/mol. The first-order valence-corrected chi connectivity index (χ1v) is 11.5. The van der Waals surface area contributed by atoms with E-state index in [-0.39, 0.29) is 5.91 Å². The number of rotatable bonds is 5. The Morgan fingerprint density at radius 1 is 1.21 bits per heavy atom. The SMILES string of the molecule is Cn1nccc1C(=O)Nc1cccc(-c2nsc(Nc3ccc4[nH]ncc4c3C#N)n2)c1.O=C(O)C(F)(F)F. The Hall–Kier alpha value is -5.30. The molecule has 0 spiro atoms. The van der Waals surface area contributed by atoms with Crippen molar-refractivity contribution in [1.29, 1.82) is 5.26 Å². The van der Waals surface area contributed by atoms with Gasteiger partial charge in [0, 0.05) is 41.4 Å². The fraction of sp³-hybridized carbons (Fsp3) is 0.0870. The maximum Gasteiger partial charge on any atom is 0.490 e. The molecule has 2 aromatic carbocycles. The molecule has 0 atom stereocenters. The molecule has 0 aliphatic carbocycles. The number of aromatic amines is 1. The highest BCUT2D eigenvalue weighted by Crippen LogP contribution is 2.30. The number of benzene rings is 2. The Kier molecular flexibility index (Phi) is 7.53. The third-order valence-electron chi connectivity index (χ3n) is 5.08. The van der Waals surface area contributed by atoms with Crippen LogP contribution in [-0.4, -0.2) is 52.5 Å². The van der Waals surface area contributed by atoms with Crippen LogP contribution in [0.3, 0.4) is 0 Å². The molecule has 0 bridgehead atoms. The molecule has 4 N–H and O–H groups in total. The minimum atomic E-state index is -5.08. The normalized spacial score (nSPS) is 10.8. The van der Waals surface area contributed by atoms with Gasteiger partial charge in [0.2, 0.25) is 5.13 Å². The number of carbonyl (C=O) groups excluding carboxylic acids is 1. The van der Waals surface area contributed by atoms with Crippen molar-refractivity contribution < 1.29 is 27.9 Å². The van der Waals surface area contributed by atoms with Crippen molar-refractivity contribution in [3.63, 3.8) is 0 Å². The number of carboxylic acids is 1. The molecule has 12 nitrogen and oxygen atoms in total. The number of aliphatic carboxylic acids is 1. The lowest BCUT2D eigenvalue weighted by Crippen LogP contribution is -2.21. The summed E-state index contributed by atoms with van der Waals surface area (Å²) in [5.74, 6) is -2.50. The molecule has 0 saturated carbocycles. The number of aromatic nitrogens is 6. The number of amides is 1. The van der Waals surface area contributed by atoms with E-state index in [1.165, 1.54) is 16.2 Å². The zero-order valence-corrected chi connectivity index (χ0v) is 20.5. The number of anilines is 3. The molecule has 0 aliphatic heterocycles. The van der Waals surface area contributed by atoms with Crippen LogP contribution >= 0.6 is 11.5 Å². The van der Waals surface area contributed by atoms with Crippen LogP contribution in [0.4, 0.5) is 29.7 Å². The molecular formula is C23H16F3N9O3S. The van der Waals surface area contributed by atoms with Gasteiger partial charge in [-0.2, -0.15) is 38.0 Å². The minimum Gasteiger partial charge on any atom is -0.475 e. The number of nitrogens with one attached hydrogen (secondary N) is 3. The zero-order valence-electron chi connectivity index (χ0n) is 19.7. The largest absolute Gasteiger partial charge is 0.490 e. The van der Waals surface area contributed by atoms with Crippen molar-refractivity contribution in [3.8, 4) is 17.5 Å². The van der Waals surface area contributed by atoms with Crippen LogP contribution in [0.25, 0.3) is 22.3 Å². The molecule has 0 radical (unpaired) electrons. The van der Waals surface area contributed by atoms with E-state index in [0.717, 1.165) is 16.5 Å². The van der Waals surface area contributed by atoms with Crippen molar-refractivity contribution >= 4 is 50.8 Å². The van der Waals surface area contributed by atoms with Gasteiger partial charge in [-0.3, -0.25) is 14.6 Å². The van der Waals surface area contributed by atoms with Crippen molar-refractivity contribution in [2.45, 2.75) is 6.18 Å². The molecule has 0 unspecified atom stereocenters. The Labute approximate surface area is 220 Å². The molecule has 16 heteroatoms. The van der Waals surface area contributed by atoms with Gasteiger partial charge in [0.05, 0.1) is 23.0 Å². The molecule has 5 rings (SSSR count). The van der Waals surface area contributed by atoms with Crippen LogP contribution in [0.15, 0.2) is 54.9 Å². The predicted molar refractivity (Wildman–Crippen MR) is 134 cm³/mol. The second-order valence-corrected chi connectivity index (χ2v) is 8.41. The summed E-state index contributed by atoms with van der Waals surface area (Å²) in [7, 11) is 1.71. The fourth-order valence-corrected chi connectivity index (χ4v) is 3.88. The number of alkyl halides is 3. The van der Waals surface area contributed by atoms with Crippen LogP contribution in [0.1, 0.15) is 16.1 Å². The molecule has 0 saturated heterocycles. The number of nitrogens with zero attached hydrogens (tertiary/aromatic N) is 6. The quantitative estimate of drug-likeness (QED) is 0.246. The highest BCUT2D eigenvalue weighted by atomic mass is 32.1. The molecule has 3 aromatic heterocycles. The number of halogens is 3. The number of nitriles is 1. The summed E-state index contributed by atoms with van der Waals surface area (Å²) in [4.78, 5) is 25.9. The standard InChI is InChI=1S/C21H15N9OS.C2HF3O2/c1-30-18(7-8-24-30)20(31)25-13-4-2-3-12(9-13)19-27-21(32-29-19)26-16-5-6-17-15(11-23-28-17)14(16)10-22;3-2(4,5)1(6)7/h2-9,11H,1H3,(H,23,28)(H,25,31)(H,26,27,29);(H,6,7). The first-order valence-electron chi connectivity index (χ1n) is 10.7. The highest BCUT2D eigenvalue weighted by Gasteiger charge is 2.38. The molecule has 0 fully saturated rings. The molecule has 39 heavy (non-hydrogen) atoms. The smallest absolute Gasteiger partial charge is 0.475 e. The Balaban J connectivity index is 0.000000448. The summed E-state index contributed by atoms with van der Waals surface area (Å²) in [5, 5.41) is 34.9. The third kappa shape index (κ3) is 6.17. The summed E-state index contributed by atoms with van der Waals surface area (Å²) >= 11 is 1.18. The van der Waals surface area contributed by atoms with Gasteiger partial charge in [0.15, 0.2) is 5.82 Å². The van der Waals surface area contributed by atoms with E-state index >= 15 is 0 Å². The fourth-order valence-electron chi connectivity index (χ4n) is 3.28. The van der Waals surface area contributed by atoms with Gasteiger partial charge in [-0.05, 0) is 30.3 Å². The van der Waals surface area contributed by atoms with E-state index in [0.29, 0.717) is 33.6 Å². The van der Waals surface area contributed by atoms with E-state index in [1.807, 2.05) is 18.2 Å². The van der Waals surface area contributed by atoms with Crippen LogP contribution in [-0.2, 0) is 11.8 Å². The number of carbonyl (C=O) groups is 2. The second-order valence-electron chi connectivity index (χ2n) is 7.66. The molecule has 5 aromatic rings. The number of hydrogen-bond donors (Lipinski definition) is 4. The third-order valence-corrected chi connectivity index (χ3v) is 5.71. The predicted octanol–water partition coefficient (Wildman–Crippen LogP) is 4.32. The Morgan fingerprint density at radius 3 is 2.64 bits per heavy atom. The van der Waals surface area contributed by atoms with E-state index < -0.39 is 12.1 Å². The first kappa shape index (κ1) is 26.8. The summed E-state index contributed by atoms with van der Waals surface area (Å²) in [5.41, 5.74) is 3.72. The van der Waals surface area contributed by atoms with Gasteiger partial charge in [-0.25, -0.2) is 4.79 Å². The van der Waals surface area contributed by atoms with Crippen molar-refractivity contribution in [1.82, 2.24) is 29.3 Å². The zero-order chi connectivity index (χ0) is 28.2. The molecular weight excluding hydrogens is 539 g/mol.